The van der Waals surface area contributed by atoms with Gasteiger partial charge in [-0.05, 0) is 43.5 Å². The van der Waals surface area contributed by atoms with Gasteiger partial charge in [0.05, 0.1) is 6.61 Å². The summed E-state index contributed by atoms with van der Waals surface area (Å²) in [6, 6.07) is 6.06. The van der Waals surface area contributed by atoms with Gasteiger partial charge in [-0.3, -0.25) is 9.69 Å². The van der Waals surface area contributed by atoms with Crippen molar-refractivity contribution >= 4 is 11.6 Å². The van der Waals surface area contributed by atoms with Crippen LogP contribution in [0.2, 0.25) is 0 Å². The molecule has 0 bridgehead atoms. The van der Waals surface area contributed by atoms with Crippen molar-refractivity contribution in [2.75, 3.05) is 58.3 Å². The molecule has 3 rings (SSSR count). The predicted molar refractivity (Wildman–Crippen MR) is 92.1 cm³/mol. The lowest BCUT2D eigenvalue weighted by molar-refractivity contribution is 0.0758. The van der Waals surface area contributed by atoms with E-state index in [9.17, 15) is 4.79 Å². The molecule has 126 valence electrons. The number of fused-ring (bicyclic) bond motifs is 1. The average Bonchev–Trinajstić information content (AvgIpc) is 2.84. The minimum absolute atomic E-state index is 0.194. The third kappa shape index (κ3) is 3.85. The molecular weight excluding hydrogens is 290 g/mol. The zero-order valence-electron chi connectivity index (χ0n) is 14.0. The largest absolute Gasteiger partial charge is 0.385 e. The summed E-state index contributed by atoms with van der Waals surface area (Å²) in [6.07, 6.45) is 3.13. The van der Waals surface area contributed by atoms with Gasteiger partial charge < -0.3 is 15.0 Å². The number of carbonyl (C=O) groups is 1. The van der Waals surface area contributed by atoms with E-state index >= 15 is 0 Å². The summed E-state index contributed by atoms with van der Waals surface area (Å²) in [6.45, 7) is 6.33. The zero-order chi connectivity index (χ0) is 16.1. The van der Waals surface area contributed by atoms with Gasteiger partial charge >= 0.3 is 0 Å². The number of benzene rings is 1. The third-order valence-corrected chi connectivity index (χ3v) is 4.81. The van der Waals surface area contributed by atoms with Crippen LogP contribution < -0.4 is 5.32 Å². The lowest BCUT2D eigenvalue weighted by Crippen LogP contribution is -2.36. The second-order valence-corrected chi connectivity index (χ2v) is 6.34. The number of rotatable bonds is 4. The SMILES string of the molecule is COCCN1CCCN(C(=O)c2cccc3c2CCCN3)CC1. The summed E-state index contributed by atoms with van der Waals surface area (Å²) in [5, 5.41) is 3.41. The summed E-state index contributed by atoms with van der Waals surface area (Å²) in [7, 11) is 1.74. The second-order valence-electron chi connectivity index (χ2n) is 6.34. The van der Waals surface area contributed by atoms with Crippen molar-refractivity contribution in [3.8, 4) is 0 Å². The maximum Gasteiger partial charge on any atom is 0.254 e. The smallest absolute Gasteiger partial charge is 0.254 e. The molecule has 0 saturated carbocycles. The molecule has 0 aliphatic carbocycles. The molecule has 1 fully saturated rings. The Kier molecular flexibility index (Phi) is 5.51. The summed E-state index contributed by atoms with van der Waals surface area (Å²) >= 11 is 0. The first-order valence-electron chi connectivity index (χ1n) is 8.66. The van der Waals surface area contributed by atoms with E-state index in [4.69, 9.17) is 4.74 Å². The molecule has 2 heterocycles. The highest BCUT2D eigenvalue weighted by Crippen LogP contribution is 2.26. The van der Waals surface area contributed by atoms with Crippen LogP contribution in [0.15, 0.2) is 18.2 Å². The van der Waals surface area contributed by atoms with Gasteiger partial charge in [0, 0.05) is 51.1 Å². The van der Waals surface area contributed by atoms with Gasteiger partial charge in [0.1, 0.15) is 0 Å². The first kappa shape index (κ1) is 16.3. The molecule has 0 unspecified atom stereocenters. The number of hydrogen-bond donors (Lipinski definition) is 1. The molecule has 5 heteroatoms. The monoisotopic (exact) mass is 317 g/mol. The number of anilines is 1. The molecule has 23 heavy (non-hydrogen) atoms. The Morgan fingerprint density at radius 1 is 1.22 bits per heavy atom. The fourth-order valence-corrected chi connectivity index (χ4v) is 3.50. The van der Waals surface area contributed by atoms with Crippen LogP contribution >= 0.6 is 0 Å². The van der Waals surface area contributed by atoms with E-state index in [0.29, 0.717) is 0 Å². The Balaban J connectivity index is 1.69. The predicted octanol–water partition coefficient (Wildman–Crippen LogP) is 1.84. The Morgan fingerprint density at radius 2 is 2.13 bits per heavy atom. The zero-order valence-corrected chi connectivity index (χ0v) is 14.0. The second kappa shape index (κ2) is 7.79. The van der Waals surface area contributed by atoms with Crippen LogP contribution in [0.3, 0.4) is 0 Å². The minimum Gasteiger partial charge on any atom is -0.385 e. The van der Waals surface area contributed by atoms with Gasteiger partial charge in [0.2, 0.25) is 0 Å². The van der Waals surface area contributed by atoms with Crippen LogP contribution in [0, 0.1) is 0 Å². The molecule has 2 aliphatic rings. The van der Waals surface area contributed by atoms with E-state index in [1.165, 1.54) is 5.56 Å². The number of carbonyl (C=O) groups excluding carboxylic acids is 1. The van der Waals surface area contributed by atoms with Gasteiger partial charge in [0.25, 0.3) is 5.91 Å². The van der Waals surface area contributed by atoms with Crippen molar-refractivity contribution in [1.29, 1.82) is 0 Å². The highest BCUT2D eigenvalue weighted by atomic mass is 16.5. The van der Waals surface area contributed by atoms with Crippen LogP contribution in [0.5, 0.6) is 0 Å². The van der Waals surface area contributed by atoms with Crippen molar-refractivity contribution in [2.24, 2.45) is 0 Å². The topological polar surface area (TPSA) is 44.8 Å². The lowest BCUT2D eigenvalue weighted by Gasteiger charge is -2.25. The van der Waals surface area contributed by atoms with E-state index in [0.717, 1.165) is 76.4 Å². The molecule has 2 aliphatic heterocycles. The van der Waals surface area contributed by atoms with Crippen molar-refractivity contribution in [3.05, 3.63) is 29.3 Å². The number of amides is 1. The first-order chi connectivity index (χ1) is 11.3. The summed E-state index contributed by atoms with van der Waals surface area (Å²) in [5.74, 6) is 0.194. The molecule has 0 spiro atoms. The molecule has 5 nitrogen and oxygen atoms in total. The fraction of sp³-hybridized carbons (Fsp3) is 0.611. The molecule has 0 radical (unpaired) electrons. The Hall–Kier alpha value is -1.59. The van der Waals surface area contributed by atoms with E-state index < -0.39 is 0 Å². The van der Waals surface area contributed by atoms with E-state index in [1.807, 2.05) is 17.0 Å². The molecule has 0 aromatic heterocycles. The van der Waals surface area contributed by atoms with Gasteiger partial charge in [-0.2, -0.15) is 0 Å². The summed E-state index contributed by atoms with van der Waals surface area (Å²) < 4.78 is 5.16. The van der Waals surface area contributed by atoms with Crippen LogP contribution in [0.4, 0.5) is 5.69 Å². The van der Waals surface area contributed by atoms with E-state index in [2.05, 4.69) is 16.3 Å². The molecule has 1 N–H and O–H groups in total. The number of hydrogen-bond acceptors (Lipinski definition) is 4. The molecule has 1 saturated heterocycles. The lowest BCUT2D eigenvalue weighted by atomic mass is 9.97. The maximum absolute atomic E-state index is 13.0. The quantitative estimate of drug-likeness (QED) is 0.920. The number of nitrogens with zero attached hydrogens (tertiary/aromatic N) is 2. The molecule has 0 atom stereocenters. The molecular formula is C18H27N3O2. The van der Waals surface area contributed by atoms with Crippen LogP contribution in [-0.2, 0) is 11.2 Å². The van der Waals surface area contributed by atoms with E-state index in [-0.39, 0.29) is 5.91 Å². The van der Waals surface area contributed by atoms with Crippen LogP contribution in [0.1, 0.15) is 28.8 Å². The maximum atomic E-state index is 13.0. The summed E-state index contributed by atoms with van der Waals surface area (Å²) in [5.41, 5.74) is 3.22. The highest BCUT2D eigenvalue weighted by Gasteiger charge is 2.24. The number of ether oxygens (including phenoxy) is 1. The first-order valence-corrected chi connectivity index (χ1v) is 8.66. The van der Waals surface area contributed by atoms with Crippen molar-refractivity contribution in [2.45, 2.75) is 19.3 Å². The summed E-state index contributed by atoms with van der Waals surface area (Å²) in [4.78, 5) is 17.4. The van der Waals surface area contributed by atoms with Crippen molar-refractivity contribution in [3.63, 3.8) is 0 Å². The number of methoxy groups -OCH3 is 1. The fourth-order valence-electron chi connectivity index (χ4n) is 3.50. The van der Waals surface area contributed by atoms with E-state index in [1.54, 1.807) is 7.11 Å². The standard InChI is InChI=1S/C18H27N3O2/c1-23-14-13-20-9-4-10-21(12-11-20)18(22)16-5-2-7-17-15(16)6-3-8-19-17/h2,5,7,19H,3-4,6,8-14H2,1H3. The molecule has 1 amide bonds. The van der Waals surface area contributed by atoms with Gasteiger partial charge in [-0.1, -0.05) is 6.07 Å². The average molecular weight is 317 g/mol. The van der Waals surface area contributed by atoms with Gasteiger partial charge in [0.15, 0.2) is 0 Å². The number of nitrogens with one attached hydrogen (secondary N) is 1. The Morgan fingerprint density at radius 3 is 3.00 bits per heavy atom. The van der Waals surface area contributed by atoms with Gasteiger partial charge in [-0.15, -0.1) is 0 Å². The Labute approximate surface area is 138 Å². The van der Waals surface area contributed by atoms with Crippen LogP contribution in [-0.4, -0.2) is 68.7 Å². The molecule has 1 aromatic carbocycles. The van der Waals surface area contributed by atoms with Crippen molar-refractivity contribution in [1.82, 2.24) is 9.80 Å². The normalized spacial score (nSPS) is 18.9. The van der Waals surface area contributed by atoms with Crippen LogP contribution in [0.25, 0.3) is 0 Å². The highest BCUT2D eigenvalue weighted by molar-refractivity contribution is 5.97. The Bertz CT molecular complexity index is 547. The van der Waals surface area contributed by atoms with Crippen molar-refractivity contribution < 1.29 is 9.53 Å². The minimum atomic E-state index is 0.194. The molecule has 1 aromatic rings. The third-order valence-electron chi connectivity index (χ3n) is 4.81. The van der Waals surface area contributed by atoms with Gasteiger partial charge in [-0.25, -0.2) is 0 Å².